The Bertz CT molecular complexity index is 1140. The lowest BCUT2D eigenvalue weighted by Crippen LogP contribution is -2.71. The van der Waals surface area contributed by atoms with Crippen molar-refractivity contribution < 1.29 is 22.7 Å². The lowest BCUT2D eigenvalue weighted by molar-refractivity contribution is -0.137. The van der Waals surface area contributed by atoms with Crippen molar-refractivity contribution in [2.45, 2.75) is 20.0 Å². The van der Waals surface area contributed by atoms with Crippen molar-refractivity contribution in [3.8, 4) is 11.5 Å². The predicted molar refractivity (Wildman–Crippen MR) is 123 cm³/mol. The first kappa shape index (κ1) is 23.1. The molecule has 3 aromatic rings. The van der Waals surface area contributed by atoms with Crippen LogP contribution in [0.1, 0.15) is 29.8 Å². The van der Waals surface area contributed by atoms with Crippen LogP contribution in [0.4, 0.5) is 13.2 Å². The standard InChI is InChI=1S/C24H21F3N2O2.C2H6/c1-28-12-23(13-28)14-29(15-23)22(30)17-5-10-20-16(11-17)3-2-4-21(20)31-19-8-6-18(7-9-19)24(25,26)27;1-2/h2-11H,12-15H2,1H3;1-2H3. The van der Waals surface area contributed by atoms with Gasteiger partial charge in [-0.2, -0.15) is 13.2 Å². The maximum Gasteiger partial charge on any atom is 0.416 e. The van der Waals surface area contributed by atoms with E-state index in [-0.39, 0.29) is 11.3 Å². The Morgan fingerprint density at radius 3 is 2.21 bits per heavy atom. The molecule has 0 N–H and O–H groups in total. The number of hydrogen-bond donors (Lipinski definition) is 0. The second kappa shape index (κ2) is 8.71. The maximum atomic E-state index is 12.9. The number of halogens is 3. The van der Waals surface area contributed by atoms with Gasteiger partial charge in [-0.25, -0.2) is 0 Å². The highest BCUT2D eigenvalue weighted by Gasteiger charge is 2.51. The molecule has 0 saturated carbocycles. The molecule has 2 aliphatic heterocycles. The van der Waals surface area contributed by atoms with Crippen molar-refractivity contribution in [2.75, 3.05) is 33.2 Å². The monoisotopic (exact) mass is 456 g/mol. The molecule has 174 valence electrons. The summed E-state index contributed by atoms with van der Waals surface area (Å²) in [4.78, 5) is 17.0. The van der Waals surface area contributed by atoms with Gasteiger partial charge in [-0.05, 0) is 61.0 Å². The molecule has 2 heterocycles. The summed E-state index contributed by atoms with van der Waals surface area (Å²) in [5, 5.41) is 1.63. The molecule has 4 nitrogen and oxygen atoms in total. The minimum absolute atomic E-state index is 0.0242. The second-order valence-electron chi connectivity index (χ2n) is 8.65. The molecule has 33 heavy (non-hydrogen) atoms. The van der Waals surface area contributed by atoms with E-state index in [9.17, 15) is 18.0 Å². The number of carbonyl (C=O) groups excluding carboxylic acids is 1. The van der Waals surface area contributed by atoms with E-state index < -0.39 is 11.7 Å². The van der Waals surface area contributed by atoms with Crippen LogP contribution in [0.3, 0.4) is 0 Å². The zero-order chi connectivity index (χ0) is 23.8. The summed E-state index contributed by atoms with van der Waals surface area (Å²) < 4.78 is 44.1. The van der Waals surface area contributed by atoms with Crippen LogP contribution in [0.5, 0.6) is 11.5 Å². The molecule has 2 fully saturated rings. The fourth-order valence-corrected chi connectivity index (χ4v) is 4.70. The number of fused-ring (bicyclic) bond motifs is 1. The molecular formula is C26H27F3N2O2. The Hall–Kier alpha value is -3.06. The molecule has 0 aromatic heterocycles. The van der Waals surface area contributed by atoms with E-state index in [1.54, 1.807) is 18.2 Å². The number of benzene rings is 3. The van der Waals surface area contributed by atoms with Crippen LogP contribution in [0.2, 0.25) is 0 Å². The molecule has 0 bridgehead atoms. The molecule has 2 saturated heterocycles. The SMILES string of the molecule is CC.CN1CC2(C1)CN(C(=O)c1ccc3c(Oc4ccc(C(F)(F)F)cc4)cccc3c1)C2. The minimum Gasteiger partial charge on any atom is -0.457 e. The molecule has 5 rings (SSSR count). The molecule has 0 atom stereocenters. The zero-order valence-corrected chi connectivity index (χ0v) is 18.9. The quantitative estimate of drug-likeness (QED) is 0.480. The Balaban J connectivity index is 0.00000126. The van der Waals surface area contributed by atoms with Gasteiger partial charge >= 0.3 is 6.18 Å². The van der Waals surface area contributed by atoms with Crippen molar-refractivity contribution >= 4 is 16.7 Å². The normalized spacial score (nSPS) is 17.1. The molecule has 0 aliphatic carbocycles. The molecule has 3 aromatic carbocycles. The van der Waals surface area contributed by atoms with Crippen LogP contribution in [0.25, 0.3) is 10.8 Å². The van der Waals surface area contributed by atoms with E-state index in [1.165, 1.54) is 12.1 Å². The van der Waals surface area contributed by atoms with E-state index >= 15 is 0 Å². The number of alkyl halides is 3. The predicted octanol–water partition coefficient (Wildman–Crippen LogP) is 6.06. The Labute approximate surface area is 191 Å². The van der Waals surface area contributed by atoms with Gasteiger partial charge in [0.2, 0.25) is 0 Å². The number of ether oxygens (including phenoxy) is 1. The Morgan fingerprint density at radius 2 is 1.61 bits per heavy atom. The first-order chi connectivity index (χ1) is 15.7. The molecule has 0 radical (unpaired) electrons. The van der Waals surface area contributed by atoms with Crippen molar-refractivity contribution in [2.24, 2.45) is 5.41 Å². The van der Waals surface area contributed by atoms with Crippen LogP contribution in [-0.4, -0.2) is 48.9 Å². The zero-order valence-electron chi connectivity index (χ0n) is 18.9. The largest absolute Gasteiger partial charge is 0.457 e. The third-order valence-corrected chi connectivity index (χ3v) is 6.05. The Morgan fingerprint density at radius 1 is 0.939 bits per heavy atom. The highest BCUT2D eigenvalue weighted by molar-refractivity contribution is 6.00. The van der Waals surface area contributed by atoms with Gasteiger partial charge in [0.1, 0.15) is 11.5 Å². The van der Waals surface area contributed by atoms with Gasteiger partial charge in [-0.1, -0.05) is 26.0 Å². The number of hydrogen-bond acceptors (Lipinski definition) is 3. The lowest BCUT2D eigenvalue weighted by Gasteiger charge is -2.59. The van der Waals surface area contributed by atoms with Crippen LogP contribution < -0.4 is 4.74 Å². The van der Waals surface area contributed by atoms with Crippen LogP contribution in [-0.2, 0) is 6.18 Å². The highest BCUT2D eigenvalue weighted by atomic mass is 19.4. The average molecular weight is 457 g/mol. The van der Waals surface area contributed by atoms with E-state index in [0.29, 0.717) is 17.1 Å². The highest BCUT2D eigenvalue weighted by Crippen LogP contribution is 2.40. The summed E-state index contributed by atoms with van der Waals surface area (Å²) in [6.07, 6.45) is -4.38. The molecule has 7 heteroatoms. The van der Waals surface area contributed by atoms with E-state index in [0.717, 1.165) is 49.1 Å². The van der Waals surface area contributed by atoms with E-state index in [2.05, 4.69) is 11.9 Å². The smallest absolute Gasteiger partial charge is 0.416 e. The van der Waals surface area contributed by atoms with Crippen molar-refractivity contribution in [1.29, 1.82) is 0 Å². The summed E-state index contributed by atoms with van der Waals surface area (Å²) in [6, 6.07) is 15.5. The second-order valence-corrected chi connectivity index (χ2v) is 8.65. The lowest BCUT2D eigenvalue weighted by atomic mass is 9.73. The van der Waals surface area contributed by atoms with E-state index in [1.807, 2.05) is 36.9 Å². The topological polar surface area (TPSA) is 32.8 Å². The molecule has 1 spiro atoms. The first-order valence-corrected chi connectivity index (χ1v) is 11.1. The number of carbonyl (C=O) groups is 1. The van der Waals surface area contributed by atoms with Crippen LogP contribution in [0, 0.1) is 5.41 Å². The van der Waals surface area contributed by atoms with Crippen LogP contribution >= 0.6 is 0 Å². The van der Waals surface area contributed by atoms with Crippen molar-refractivity contribution in [3.05, 3.63) is 71.8 Å². The van der Waals surface area contributed by atoms with Crippen molar-refractivity contribution in [1.82, 2.24) is 9.80 Å². The molecule has 2 aliphatic rings. The fourth-order valence-electron chi connectivity index (χ4n) is 4.70. The maximum absolute atomic E-state index is 12.9. The van der Waals surface area contributed by atoms with Gasteiger partial charge in [-0.15, -0.1) is 0 Å². The summed E-state index contributed by atoms with van der Waals surface area (Å²) in [6.45, 7) is 7.68. The molecule has 1 amide bonds. The van der Waals surface area contributed by atoms with Gasteiger partial charge in [0.05, 0.1) is 5.56 Å². The first-order valence-electron chi connectivity index (χ1n) is 11.1. The number of amides is 1. The average Bonchev–Trinajstić information content (AvgIpc) is 2.76. The summed E-state index contributed by atoms with van der Waals surface area (Å²) in [7, 11) is 2.09. The third kappa shape index (κ3) is 4.55. The van der Waals surface area contributed by atoms with Gasteiger partial charge in [0, 0.05) is 42.5 Å². The summed E-state index contributed by atoms with van der Waals surface area (Å²) >= 11 is 0. The summed E-state index contributed by atoms with van der Waals surface area (Å²) in [5.74, 6) is 0.866. The van der Waals surface area contributed by atoms with Gasteiger partial charge in [-0.3, -0.25) is 4.79 Å². The van der Waals surface area contributed by atoms with Crippen molar-refractivity contribution in [3.63, 3.8) is 0 Å². The molecular weight excluding hydrogens is 429 g/mol. The minimum atomic E-state index is -4.38. The van der Waals surface area contributed by atoms with Gasteiger partial charge < -0.3 is 14.5 Å². The number of rotatable bonds is 3. The summed E-state index contributed by atoms with van der Waals surface area (Å²) in [5.41, 5.74) is 0.188. The van der Waals surface area contributed by atoms with Crippen LogP contribution in [0.15, 0.2) is 60.7 Å². The molecule has 0 unspecified atom stereocenters. The van der Waals surface area contributed by atoms with E-state index in [4.69, 9.17) is 4.74 Å². The third-order valence-electron chi connectivity index (χ3n) is 6.05. The number of nitrogens with zero attached hydrogens (tertiary/aromatic N) is 2. The number of likely N-dealkylation sites (tertiary alicyclic amines) is 2. The fraction of sp³-hybridized carbons (Fsp3) is 0.346. The Kier molecular flexibility index (Phi) is 6.10. The van der Waals surface area contributed by atoms with Gasteiger partial charge in [0.25, 0.3) is 5.91 Å². The van der Waals surface area contributed by atoms with Gasteiger partial charge in [0.15, 0.2) is 0 Å².